The number of anilines is 1. The lowest BCUT2D eigenvalue weighted by atomic mass is 10.2. The third-order valence-corrected chi connectivity index (χ3v) is 3.53. The minimum absolute atomic E-state index is 0.410. The predicted molar refractivity (Wildman–Crippen MR) is 66.4 cm³/mol. The van der Waals surface area contributed by atoms with E-state index < -0.39 is 10.0 Å². The molecule has 0 saturated heterocycles. The second-order valence-electron chi connectivity index (χ2n) is 3.84. The third-order valence-electron chi connectivity index (χ3n) is 2.28. The molecule has 1 aromatic rings. The van der Waals surface area contributed by atoms with Gasteiger partial charge in [0.2, 0.25) is 10.0 Å². The van der Waals surface area contributed by atoms with Gasteiger partial charge in [-0.1, -0.05) is 19.1 Å². The Kier molecular flexibility index (Phi) is 4.32. The van der Waals surface area contributed by atoms with E-state index in [-0.39, 0.29) is 0 Å². The summed E-state index contributed by atoms with van der Waals surface area (Å²) in [5, 5.41) is 0. The molecule has 0 amide bonds. The molecule has 0 heterocycles. The Morgan fingerprint density at radius 3 is 2.25 bits per heavy atom. The standard InChI is InChI=1S/C11H18N2O2S/c1-3-8-13(16(2,14)15)9-10-4-6-11(12)7-5-10/h4-7H,3,8-9,12H2,1-2H3. The molecule has 0 fully saturated rings. The van der Waals surface area contributed by atoms with Crippen molar-refractivity contribution in [3.05, 3.63) is 29.8 Å². The zero-order valence-corrected chi connectivity index (χ0v) is 10.5. The van der Waals surface area contributed by atoms with Gasteiger partial charge in [0.1, 0.15) is 0 Å². The maximum atomic E-state index is 11.5. The van der Waals surface area contributed by atoms with Gasteiger partial charge in [-0.25, -0.2) is 8.42 Å². The summed E-state index contributed by atoms with van der Waals surface area (Å²) < 4.78 is 24.5. The fraction of sp³-hybridized carbons (Fsp3) is 0.455. The molecule has 0 unspecified atom stereocenters. The van der Waals surface area contributed by atoms with Gasteiger partial charge in [0, 0.05) is 18.8 Å². The topological polar surface area (TPSA) is 63.4 Å². The fourth-order valence-corrected chi connectivity index (χ4v) is 2.34. The first-order valence-corrected chi connectivity index (χ1v) is 7.08. The molecular formula is C11H18N2O2S. The van der Waals surface area contributed by atoms with E-state index in [0.717, 1.165) is 12.0 Å². The van der Waals surface area contributed by atoms with E-state index in [4.69, 9.17) is 5.73 Å². The highest BCUT2D eigenvalue weighted by Crippen LogP contribution is 2.11. The lowest BCUT2D eigenvalue weighted by molar-refractivity contribution is 0.409. The summed E-state index contributed by atoms with van der Waals surface area (Å²) in [7, 11) is -3.13. The number of nitrogen functional groups attached to an aromatic ring is 1. The van der Waals surface area contributed by atoms with Crippen molar-refractivity contribution in [2.45, 2.75) is 19.9 Å². The van der Waals surface area contributed by atoms with E-state index in [0.29, 0.717) is 18.8 Å². The van der Waals surface area contributed by atoms with Crippen LogP contribution in [-0.2, 0) is 16.6 Å². The average molecular weight is 242 g/mol. The van der Waals surface area contributed by atoms with E-state index >= 15 is 0 Å². The summed E-state index contributed by atoms with van der Waals surface area (Å²) in [6.45, 7) is 2.91. The zero-order chi connectivity index (χ0) is 12.2. The molecule has 0 aliphatic carbocycles. The lowest BCUT2D eigenvalue weighted by Crippen LogP contribution is -2.30. The van der Waals surface area contributed by atoms with Gasteiger partial charge in [0.25, 0.3) is 0 Å². The summed E-state index contributed by atoms with van der Waals surface area (Å²) >= 11 is 0. The van der Waals surface area contributed by atoms with Gasteiger partial charge in [-0.3, -0.25) is 0 Å². The molecule has 5 heteroatoms. The van der Waals surface area contributed by atoms with Gasteiger partial charge in [-0.05, 0) is 24.1 Å². The number of benzene rings is 1. The van der Waals surface area contributed by atoms with E-state index in [9.17, 15) is 8.42 Å². The summed E-state index contributed by atoms with van der Waals surface area (Å²) in [4.78, 5) is 0. The first-order chi connectivity index (χ1) is 7.43. The van der Waals surface area contributed by atoms with Crippen molar-refractivity contribution in [1.29, 1.82) is 0 Å². The van der Waals surface area contributed by atoms with Crippen LogP contribution >= 0.6 is 0 Å². The van der Waals surface area contributed by atoms with Gasteiger partial charge < -0.3 is 5.73 Å². The highest BCUT2D eigenvalue weighted by atomic mass is 32.2. The summed E-state index contributed by atoms with van der Waals surface area (Å²) in [5.41, 5.74) is 7.21. The summed E-state index contributed by atoms with van der Waals surface area (Å²) in [5.74, 6) is 0. The third kappa shape index (κ3) is 3.83. The number of rotatable bonds is 5. The second-order valence-corrected chi connectivity index (χ2v) is 5.82. The molecule has 1 aromatic carbocycles. The number of nitrogens with two attached hydrogens (primary N) is 1. The number of nitrogens with zero attached hydrogens (tertiary/aromatic N) is 1. The van der Waals surface area contributed by atoms with Crippen molar-refractivity contribution < 1.29 is 8.42 Å². The van der Waals surface area contributed by atoms with Gasteiger partial charge in [0.05, 0.1) is 6.26 Å². The normalized spacial score (nSPS) is 11.9. The van der Waals surface area contributed by atoms with Crippen LogP contribution in [0.4, 0.5) is 5.69 Å². The molecule has 0 aliphatic heterocycles. The Balaban J connectivity index is 2.80. The maximum Gasteiger partial charge on any atom is 0.211 e. The van der Waals surface area contributed by atoms with Crippen LogP contribution in [0.2, 0.25) is 0 Å². The van der Waals surface area contributed by atoms with Gasteiger partial charge >= 0.3 is 0 Å². The Labute approximate surface area is 97.1 Å². The number of hydrogen-bond donors (Lipinski definition) is 1. The van der Waals surface area contributed by atoms with Gasteiger partial charge in [-0.15, -0.1) is 0 Å². The molecule has 0 bridgehead atoms. The van der Waals surface area contributed by atoms with Crippen LogP contribution in [0, 0.1) is 0 Å². The molecule has 16 heavy (non-hydrogen) atoms. The van der Waals surface area contributed by atoms with Crippen molar-refractivity contribution >= 4 is 15.7 Å². The van der Waals surface area contributed by atoms with E-state index in [1.54, 1.807) is 12.1 Å². The summed E-state index contributed by atoms with van der Waals surface area (Å²) in [6, 6.07) is 7.26. The van der Waals surface area contributed by atoms with Gasteiger partial charge in [0.15, 0.2) is 0 Å². The van der Waals surface area contributed by atoms with E-state index in [2.05, 4.69) is 0 Å². The molecule has 0 spiro atoms. The monoisotopic (exact) mass is 242 g/mol. The molecule has 4 nitrogen and oxygen atoms in total. The Hall–Kier alpha value is -1.07. The molecule has 0 radical (unpaired) electrons. The van der Waals surface area contributed by atoms with Crippen molar-refractivity contribution in [1.82, 2.24) is 4.31 Å². The average Bonchev–Trinajstić information content (AvgIpc) is 2.19. The second kappa shape index (κ2) is 5.32. The maximum absolute atomic E-state index is 11.5. The van der Waals surface area contributed by atoms with Crippen molar-refractivity contribution in [2.24, 2.45) is 0 Å². The quantitative estimate of drug-likeness (QED) is 0.795. The highest BCUT2D eigenvalue weighted by Gasteiger charge is 2.15. The predicted octanol–water partition coefficient (Wildman–Crippen LogP) is 1.44. The molecule has 0 aromatic heterocycles. The Morgan fingerprint density at radius 1 is 1.25 bits per heavy atom. The number of hydrogen-bond acceptors (Lipinski definition) is 3. The van der Waals surface area contributed by atoms with Crippen molar-refractivity contribution in [3.63, 3.8) is 0 Å². The molecular weight excluding hydrogens is 224 g/mol. The van der Waals surface area contributed by atoms with Crippen LogP contribution < -0.4 is 5.73 Å². The van der Waals surface area contributed by atoms with Gasteiger partial charge in [-0.2, -0.15) is 4.31 Å². The van der Waals surface area contributed by atoms with E-state index in [1.807, 2.05) is 19.1 Å². The van der Waals surface area contributed by atoms with Crippen LogP contribution in [0.5, 0.6) is 0 Å². The minimum Gasteiger partial charge on any atom is -0.399 e. The molecule has 0 atom stereocenters. The van der Waals surface area contributed by atoms with E-state index in [1.165, 1.54) is 10.6 Å². The largest absolute Gasteiger partial charge is 0.399 e. The molecule has 1 rings (SSSR count). The first kappa shape index (κ1) is 13.0. The van der Waals surface area contributed by atoms with Crippen molar-refractivity contribution in [3.8, 4) is 0 Å². The lowest BCUT2D eigenvalue weighted by Gasteiger charge is -2.19. The fourth-order valence-electron chi connectivity index (χ4n) is 1.44. The van der Waals surface area contributed by atoms with Crippen LogP contribution in [0.1, 0.15) is 18.9 Å². The molecule has 90 valence electrons. The van der Waals surface area contributed by atoms with Crippen LogP contribution in [-0.4, -0.2) is 25.5 Å². The smallest absolute Gasteiger partial charge is 0.211 e. The van der Waals surface area contributed by atoms with Crippen molar-refractivity contribution in [2.75, 3.05) is 18.5 Å². The SMILES string of the molecule is CCCN(Cc1ccc(N)cc1)S(C)(=O)=O. The highest BCUT2D eigenvalue weighted by molar-refractivity contribution is 7.88. The molecule has 0 saturated carbocycles. The Morgan fingerprint density at radius 2 is 1.81 bits per heavy atom. The molecule has 0 aliphatic rings. The molecule has 2 N–H and O–H groups in total. The first-order valence-electron chi connectivity index (χ1n) is 5.23. The minimum atomic E-state index is -3.13. The number of sulfonamides is 1. The zero-order valence-electron chi connectivity index (χ0n) is 9.68. The van der Waals surface area contributed by atoms with Crippen LogP contribution in [0.25, 0.3) is 0 Å². The van der Waals surface area contributed by atoms with Crippen LogP contribution in [0.15, 0.2) is 24.3 Å². The summed E-state index contributed by atoms with van der Waals surface area (Å²) in [6.07, 6.45) is 2.04. The van der Waals surface area contributed by atoms with Crippen LogP contribution in [0.3, 0.4) is 0 Å². The Bertz CT molecular complexity index is 426.